The minimum absolute atomic E-state index is 0.126. The number of sulfonamides is 1. The number of halogens is 4. The standard InChI is InChI=1S/C49H53F4N7O5S3/c1-33-45(48(61)54-2)46(47(58(33)5)34-14-16-36(50)17-15-34)35-10-9-11-40(30-35)60-28-26-59(27-29-60)39-20-18-37(19-21-39)56-68(64,65)42-22-23-43(44(31-42)67(62,63)49(51,52)53)55-38(24-25-57(3)4)32-66-41-12-7-6-8-13-41/h6-23,30-31,38,55-56H,24-29,32H2,1-5H3,(H,54,61). The van der Waals surface area contributed by atoms with Crippen LogP contribution in [0.1, 0.15) is 22.5 Å². The highest BCUT2D eigenvalue weighted by atomic mass is 32.2. The van der Waals surface area contributed by atoms with Crippen LogP contribution < -0.4 is 25.2 Å². The van der Waals surface area contributed by atoms with Gasteiger partial charge in [0.05, 0.1) is 21.8 Å². The number of hydrogen-bond donors (Lipinski definition) is 3. The van der Waals surface area contributed by atoms with Crippen molar-refractivity contribution in [3.8, 4) is 22.4 Å². The van der Waals surface area contributed by atoms with Gasteiger partial charge in [0, 0.05) is 85.3 Å². The number of aromatic nitrogens is 1. The van der Waals surface area contributed by atoms with E-state index in [0.717, 1.165) is 56.5 Å². The van der Waals surface area contributed by atoms with Crippen LogP contribution in [0.15, 0.2) is 136 Å². The lowest BCUT2D eigenvalue weighted by atomic mass is 9.96. The van der Waals surface area contributed by atoms with Gasteiger partial charge in [0.2, 0.25) is 0 Å². The maximum Gasteiger partial charge on any atom is 0.501 e. The van der Waals surface area contributed by atoms with Crippen molar-refractivity contribution in [2.24, 2.45) is 7.05 Å². The molecule has 1 amide bonds. The molecule has 7 rings (SSSR count). The molecule has 5 aromatic carbocycles. The number of sulfone groups is 1. The third kappa shape index (κ3) is 11.1. The summed E-state index contributed by atoms with van der Waals surface area (Å²) >= 11 is 1.46. The van der Waals surface area contributed by atoms with E-state index < -0.39 is 41.2 Å². The Morgan fingerprint density at radius 2 is 1.44 bits per heavy atom. The van der Waals surface area contributed by atoms with E-state index in [9.17, 15) is 39.2 Å². The van der Waals surface area contributed by atoms with E-state index >= 15 is 0 Å². The van der Waals surface area contributed by atoms with Crippen LogP contribution in [0.25, 0.3) is 22.4 Å². The van der Waals surface area contributed by atoms with Gasteiger partial charge in [-0.05, 0) is 136 Å². The summed E-state index contributed by atoms with van der Waals surface area (Å²) in [5.74, 6) is -0.205. The number of rotatable bonds is 17. The summed E-state index contributed by atoms with van der Waals surface area (Å²) in [6, 6.07) is 32.3. The smallest absolute Gasteiger partial charge is 0.380 e. The van der Waals surface area contributed by atoms with Crippen LogP contribution >= 0.6 is 11.8 Å². The van der Waals surface area contributed by atoms with Crippen molar-refractivity contribution < 1.29 is 39.2 Å². The molecule has 3 N–H and O–H groups in total. The molecular formula is C49H53F4N7O5S3. The molecule has 68 heavy (non-hydrogen) atoms. The monoisotopic (exact) mass is 991 g/mol. The van der Waals surface area contributed by atoms with Gasteiger partial charge >= 0.3 is 5.51 Å². The van der Waals surface area contributed by atoms with E-state index in [0.29, 0.717) is 56.5 Å². The van der Waals surface area contributed by atoms with Gasteiger partial charge in [-0.1, -0.05) is 30.3 Å². The zero-order chi connectivity index (χ0) is 49.0. The van der Waals surface area contributed by atoms with Gasteiger partial charge in [0.1, 0.15) is 10.7 Å². The number of nitrogens with zero attached hydrogens (tertiary/aromatic N) is 4. The molecule has 1 aromatic heterocycles. The van der Waals surface area contributed by atoms with E-state index in [1.54, 1.807) is 31.3 Å². The number of carbonyl (C=O) groups is 1. The van der Waals surface area contributed by atoms with Gasteiger partial charge in [0.15, 0.2) is 0 Å². The van der Waals surface area contributed by atoms with Crippen LogP contribution in [0.4, 0.5) is 40.3 Å². The highest BCUT2D eigenvalue weighted by Crippen LogP contribution is 2.41. The van der Waals surface area contributed by atoms with Gasteiger partial charge < -0.3 is 29.9 Å². The number of piperazine rings is 1. The Bertz CT molecular complexity index is 2960. The van der Waals surface area contributed by atoms with Crippen molar-refractivity contribution in [2.45, 2.75) is 39.6 Å². The maximum absolute atomic E-state index is 14.1. The first kappa shape index (κ1) is 49.9. The molecule has 12 nitrogen and oxygen atoms in total. The Morgan fingerprint density at radius 3 is 2.06 bits per heavy atom. The second kappa shape index (κ2) is 20.7. The molecule has 360 valence electrons. The fourth-order valence-corrected chi connectivity index (χ4v) is 11.2. The zero-order valence-electron chi connectivity index (χ0n) is 38.1. The lowest BCUT2D eigenvalue weighted by Crippen LogP contribution is -2.46. The molecule has 0 radical (unpaired) electrons. The number of hydrogen-bond acceptors (Lipinski definition) is 10. The first-order chi connectivity index (χ1) is 32.3. The van der Waals surface area contributed by atoms with Crippen molar-refractivity contribution in [1.82, 2.24) is 14.8 Å². The van der Waals surface area contributed by atoms with E-state index in [4.69, 9.17) is 0 Å². The molecule has 1 saturated heterocycles. The summed E-state index contributed by atoms with van der Waals surface area (Å²) in [6.45, 7) is 4.92. The second-order valence-electron chi connectivity index (χ2n) is 16.7. The van der Waals surface area contributed by atoms with Crippen LogP contribution in [-0.2, 0) is 26.9 Å². The Hall–Kier alpha value is -6.02. The molecule has 1 atom stereocenters. The van der Waals surface area contributed by atoms with Crippen molar-refractivity contribution >= 4 is 60.3 Å². The zero-order valence-corrected chi connectivity index (χ0v) is 40.6. The highest BCUT2D eigenvalue weighted by Gasteiger charge is 2.48. The topological polar surface area (TPSA) is 136 Å². The molecule has 0 aliphatic carbocycles. The Balaban J connectivity index is 1.06. The van der Waals surface area contributed by atoms with E-state index in [-0.39, 0.29) is 23.1 Å². The van der Waals surface area contributed by atoms with E-state index in [1.165, 1.54) is 36.0 Å². The molecule has 0 spiro atoms. The van der Waals surface area contributed by atoms with Gasteiger partial charge in [-0.15, -0.1) is 11.8 Å². The SMILES string of the molecule is CNC(=O)c1c(-c2cccc(N3CCN(c4ccc(NS(=O)(=O)c5ccc(NC(CCN(C)C)CSc6ccccc6)c(S(=O)(=O)C(F)(F)F)c5)cc4)CC3)c2)c(-c2ccc(F)cc2)n(C)c1C. The summed E-state index contributed by atoms with van der Waals surface area (Å²) < 4.78 is 114. The Labute approximate surface area is 399 Å². The quantitative estimate of drug-likeness (QED) is 0.0600. The first-order valence-electron chi connectivity index (χ1n) is 21.7. The average Bonchev–Trinajstić information content (AvgIpc) is 3.59. The van der Waals surface area contributed by atoms with Gasteiger partial charge in [-0.2, -0.15) is 13.2 Å². The number of amides is 1. The van der Waals surface area contributed by atoms with Crippen LogP contribution in [-0.4, -0.2) is 103 Å². The molecule has 6 aromatic rings. The Morgan fingerprint density at radius 1 is 0.794 bits per heavy atom. The third-order valence-corrected chi connectivity index (χ3v) is 15.9. The molecule has 1 unspecified atom stereocenters. The third-order valence-electron chi connectivity index (χ3n) is 11.9. The summed E-state index contributed by atoms with van der Waals surface area (Å²) in [7, 11) is -3.39. The number of benzene rings is 5. The summed E-state index contributed by atoms with van der Waals surface area (Å²) in [6.07, 6.45) is 0.456. The fraction of sp³-hybridized carbons (Fsp3) is 0.286. The molecule has 0 saturated carbocycles. The van der Waals surface area contributed by atoms with Crippen molar-refractivity contribution in [3.05, 3.63) is 138 Å². The molecule has 1 fully saturated rings. The van der Waals surface area contributed by atoms with Gasteiger partial charge in [-0.3, -0.25) is 9.52 Å². The van der Waals surface area contributed by atoms with Crippen LogP contribution in [0.3, 0.4) is 0 Å². The van der Waals surface area contributed by atoms with Gasteiger partial charge in [0.25, 0.3) is 25.8 Å². The minimum Gasteiger partial charge on any atom is -0.380 e. The van der Waals surface area contributed by atoms with Crippen molar-refractivity contribution in [3.63, 3.8) is 0 Å². The maximum atomic E-state index is 14.1. The normalized spacial score (nSPS) is 14.0. The number of alkyl halides is 3. The summed E-state index contributed by atoms with van der Waals surface area (Å²) in [5.41, 5.74) is 0.237. The minimum atomic E-state index is -5.99. The van der Waals surface area contributed by atoms with Crippen molar-refractivity contribution in [2.75, 3.05) is 79.5 Å². The Kier molecular flexibility index (Phi) is 15.2. The van der Waals surface area contributed by atoms with Crippen LogP contribution in [0.2, 0.25) is 0 Å². The van der Waals surface area contributed by atoms with Gasteiger partial charge in [-0.25, -0.2) is 21.2 Å². The molecule has 2 heterocycles. The first-order valence-corrected chi connectivity index (χ1v) is 25.7. The number of thioether (sulfide) groups is 1. The summed E-state index contributed by atoms with van der Waals surface area (Å²) in [4.78, 5) is 18.6. The molecule has 1 aliphatic heterocycles. The molecule has 19 heteroatoms. The number of carbonyl (C=O) groups excluding carboxylic acids is 1. The molecule has 0 bridgehead atoms. The van der Waals surface area contributed by atoms with E-state index in [2.05, 4.69) is 25.2 Å². The van der Waals surface area contributed by atoms with Crippen molar-refractivity contribution in [1.29, 1.82) is 0 Å². The van der Waals surface area contributed by atoms with E-state index in [1.807, 2.05) is 92.1 Å². The second-order valence-corrected chi connectivity index (χ2v) is 21.4. The van der Waals surface area contributed by atoms with Crippen LogP contribution in [0.5, 0.6) is 0 Å². The van der Waals surface area contributed by atoms with Crippen LogP contribution in [0, 0.1) is 12.7 Å². The molecule has 1 aliphatic rings. The highest BCUT2D eigenvalue weighted by molar-refractivity contribution is 7.99. The number of nitrogens with one attached hydrogen (secondary N) is 3. The predicted molar refractivity (Wildman–Crippen MR) is 263 cm³/mol. The lowest BCUT2D eigenvalue weighted by Gasteiger charge is -2.37. The molecular weight excluding hydrogens is 939 g/mol. The lowest BCUT2D eigenvalue weighted by molar-refractivity contribution is -0.0435. The fourth-order valence-electron chi connectivity index (χ4n) is 8.15. The number of anilines is 4. The summed E-state index contributed by atoms with van der Waals surface area (Å²) in [5, 5.41) is 5.75. The predicted octanol–water partition coefficient (Wildman–Crippen LogP) is 9.11. The largest absolute Gasteiger partial charge is 0.501 e. The average molecular weight is 992 g/mol.